The summed E-state index contributed by atoms with van der Waals surface area (Å²) in [5.41, 5.74) is 1.27. The highest BCUT2D eigenvalue weighted by Gasteiger charge is 2.12. The second kappa shape index (κ2) is 9.72. The normalized spacial score (nSPS) is 11.6. The Hall–Kier alpha value is -2.49. The SMILES string of the molecule is CCCCOc1ccccc1C(=O)Nc1ccc(OC(C)CC)cc1. The first-order chi connectivity index (χ1) is 12.1. The van der Waals surface area contributed by atoms with Crippen LogP contribution in [0.4, 0.5) is 5.69 Å². The Morgan fingerprint density at radius 3 is 2.48 bits per heavy atom. The first-order valence-electron chi connectivity index (χ1n) is 8.94. The number of ether oxygens (including phenoxy) is 2. The van der Waals surface area contributed by atoms with Gasteiger partial charge in [-0.1, -0.05) is 32.4 Å². The second-order valence-corrected chi connectivity index (χ2v) is 6.01. The maximum Gasteiger partial charge on any atom is 0.259 e. The number of hydrogen-bond donors (Lipinski definition) is 1. The molecule has 0 saturated heterocycles. The summed E-state index contributed by atoms with van der Waals surface area (Å²) in [6.45, 7) is 6.84. The lowest BCUT2D eigenvalue weighted by Gasteiger charge is -2.14. The minimum Gasteiger partial charge on any atom is -0.493 e. The van der Waals surface area contributed by atoms with Crippen LogP contribution in [0.15, 0.2) is 48.5 Å². The molecule has 1 amide bonds. The topological polar surface area (TPSA) is 47.6 Å². The first kappa shape index (κ1) is 18.8. The molecule has 0 saturated carbocycles. The monoisotopic (exact) mass is 341 g/mol. The van der Waals surface area contributed by atoms with Gasteiger partial charge in [0.2, 0.25) is 0 Å². The third-order valence-electron chi connectivity index (χ3n) is 3.91. The summed E-state index contributed by atoms with van der Waals surface area (Å²) in [5, 5.41) is 2.91. The maximum absolute atomic E-state index is 12.6. The Labute approximate surface area is 150 Å². The van der Waals surface area contributed by atoms with E-state index in [-0.39, 0.29) is 12.0 Å². The van der Waals surface area contributed by atoms with Gasteiger partial charge >= 0.3 is 0 Å². The van der Waals surface area contributed by atoms with Crippen LogP contribution in [0.3, 0.4) is 0 Å². The van der Waals surface area contributed by atoms with Crippen molar-refractivity contribution in [2.24, 2.45) is 0 Å². The van der Waals surface area contributed by atoms with E-state index in [0.717, 1.165) is 30.7 Å². The quantitative estimate of drug-likeness (QED) is 0.630. The average Bonchev–Trinajstić information content (AvgIpc) is 2.64. The van der Waals surface area contributed by atoms with Crippen LogP contribution in [0.1, 0.15) is 50.4 Å². The highest BCUT2D eigenvalue weighted by molar-refractivity contribution is 6.06. The molecule has 1 N–H and O–H groups in total. The molecule has 1 unspecified atom stereocenters. The lowest BCUT2D eigenvalue weighted by molar-refractivity contribution is 0.102. The van der Waals surface area contributed by atoms with Crippen LogP contribution in [0.25, 0.3) is 0 Å². The predicted molar refractivity (Wildman–Crippen MR) is 102 cm³/mol. The number of para-hydroxylation sites is 1. The van der Waals surface area contributed by atoms with E-state index in [4.69, 9.17) is 9.47 Å². The van der Waals surface area contributed by atoms with Crippen molar-refractivity contribution in [3.63, 3.8) is 0 Å². The lowest BCUT2D eigenvalue weighted by atomic mass is 10.2. The van der Waals surface area contributed by atoms with E-state index in [1.165, 1.54) is 0 Å². The van der Waals surface area contributed by atoms with E-state index in [1.54, 1.807) is 6.07 Å². The van der Waals surface area contributed by atoms with E-state index >= 15 is 0 Å². The number of amides is 1. The second-order valence-electron chi connectivity index (χ2n) is 6.01. The molecule has 2 rings (SSSR count). The number of benzene rings is 2. The minimum absolute atomic E-state index is 0.174. The molecular formula is C21H27NO3. The van der Waals surface area contributed by atoms with E-state index in [9.17, 15) is 4.79 Å². The molecule has 25 heavy (non-hydrogen) atoms. The Balaban J connectivity index is 2.02. The molecule has 2 aromatic rings. The summed E-state index contributed by atoms with van der Waals surface area (Å²) in [6.07, 6.45) is 3.15. The van der Waals surface area contributed by atoms with Crippen LogP contribution < -0.4 is 14.8 Å². The van der Waals surface area contributed by atoms with E-state index in [2.05, 4.69) is 19.2 Å². The molecule has 0 aromatic heterocycles. The fraction of sp³-hybridized carbons (Fsp3) is 0.381. The molecule has 0 aliphatic carbocycles. The predicted octanol–water partition coefficient (Wildman–Crippen LogP) is 5.30. The van der Waals surface area contributed by atoms with Gasteiger partial charge in [0.05, 0.1) is 18.3 Å². The molecule has 0 bridgehead atoms. The van der Waals surface area contributed by atoms with Gasteiger partial charge in [-0.25, -0.2) is 0 Å². The molecular weight excluding hydrogens is 314 g/mol. The Morgan fingerprint density at radius 1 is 1.08 bits per heavy atom. The van der Waals surface area contributed by atoms with Crippen LogP contribution in [0.2, 0.25) is 0 Å². The van der Waals surface area contributed by atoms with E-state index in [1.807, 2.05) is 49.4 Å². The van der Waals surface area contributed by atoms with Crippen molar-refractivity contribution >= 4 is 11.6 Å². The molecule has 0 aliphatic heterocycles. The fourth-order valence-corrected chi connectivity index (χ4v) is 2.24. The Morgan fingerprint density at radius 2 is 1.80 bits per heavy atom. The lowest BCUT2D eigenvalue weighted by Crippen LogP contribution is -2.14. The van der Waals surface area contributed by atoms with Gasteiger partial charge in [0.25, 0.3) is 5.91 Å². The Kier molecular flexibility index (Phi) is 7.33. The number of rotatable bonds is 9. The standard InChI is InChI=1S/C21H27NO3/c1-4-6-15-24-20-10-8-7-9-19(20)21(23)22-17-11-13-18(14-12-17)25-16(3)5-2/h7-14,16H,4-6,15H2,1-3H3,(H,22,23). The molecule has 0 spiro atoms. The van der Waals surface area contributed by atoms with Gasteiger partial charge in [-0.2, -0.15) is 0 Å². The zero-order chi connectivity index (χ0) is 18.1. The van der Waals surface area contributed by atoms with Gasteiger partial charge in [0.1, 0.15) is 11.5 Å². The van der Waals surface area contributed by atoms with Gasteiger partial charge in [-0.05, 0) is 56.2 Å². The van der Waals surface area contributed by atoms with Crippen LogP contribution in [-0.2, 0) is 0 Å². The smallest absolute Gasteiger partial charge is 0.259 e. The minimum atomic E-state index is -0.178. The zero-order valence-electron chi connectivity index (χ0n) is 15.2. The molecule has 0 aliphatic rings. The van der Waals surface area contributed by atoms with E-state index in [0.29, 0.717) is 17.9 Å². The molecule has 134 valence electrons. The number of anilines is 1. The van der Waals surface area contributed by atoms with Crippen molar-refractivity contribution in [1.82, 2.24) is 0 Å². The highest BCUT2D eigenvalue weighted by atomic mass is 16.5. The summed E-state index contributed by atoms with van der Waals surface area (Å²) >= 11 is 0. The Bertz CT molecular complexity index is 667. The third kappa shape index (κ3) is 5.82. The highest BCUT2D eigenvalue weighted by Crippen LogP contribution is 2.22. The molecule has 0 heterocycles. The van der Waals surface area contributed by atoms with Crippen molar-refractivity contribution in [2.75, 3.05) is 11.9 Å². The van der Waals surface area contributed by atoms with E-state index < -0.39 is 0 Å². The van der Waals surface area contributed by atoms with Crippen LogP contribution in [0.5, 0.6) is 11.5 Å². The van der Waals surface area contributed by atoms with Crippen molar-refractivity contribution in [2.45, 2.75) is 46.1 Å². The maximum atomic E-state index is 12.6. The molecule has 0 fully saturated rings. The van der Waals surface area contributed by atoms with Gasteiger partial charge in [-0.3, -0.25) is 4.79 Å². The largest absolute Gasteiger partial charge is 0.493 e. The van der Waals surface area contributed by atoms with Crippen molar-refractivity contribution in [1.29, 1.82) is 0 Å². The van der Waals surface area contributed by atoms with Gasteiger partial charge < -0.3 is 14.8 Å². The summed E-state index contributed by atoms with van der Waals surface area (Å²) in [4.78, 5) is 12.6. The fourth-order valence-electron chi connectivity index (χ4n) is 2.24. The van der Waals surface area contributed by atoms with Gasteiger partial charge in [-0.15, -0.1) is 0 Å². The van der Waals surface area contributed by atoms with Gasteiger partial charge in [0, 0.05) is 5.69 Å². The molecule has 4 heteroatoms. The summed E-state index contributed by atoms with van der Waals surface area (Å²) in [5.74, 6) is 1.24. The van der Waals surface area contributed by atoms with Crippen molar-refractivity contribution in [3.8, 4) is 11.5 Å². The number of carbonyl (C=O) groups excluding carboxylic acids is 1. The van der Waals surface area contributed by atoms with Crippen molar-refractivity contribution in [3.05, 3.63) is 54.1 Å². The summed E-state index contributed by atoms with van der Waals surface area (Å²) in [7, 11) is 0. The van der Waals surface area contributed by atoms with Crippen LogP contribution in [0, 0.1) is 0 Å². The average molecular weight is 341 g/mol. The van der Waals surface area contributed by atoms with Crippen LogP contribution >= 0.6 is 0 Å². The molecule has 4 nitrogen and oxygen atoms in total. The first-order valence-corrected chi connectivity index (χ1v) is 8.94. The number of unbranched alkanes of at least 4 members (excludes halogenated alkanes) is 1. The third-order valence-corrected chi connectivity index (χ3v) is 3.91. The zero-order valence-corrected chi connectivity index (χ0v) is 15.2. The summed E-state index contributed by atoms with van der Waals surface area (Å²) in [6, 6.07) is 14.7. The number of carbonyl (C=O) groups is 1. The molecule has 1 atom stereocenters. The van der Waals surface area contributed by atoms with Crippen molar-refractivity contribution < 1.29 is 14.3 Å². The number of hydrogen-bond acceptors (Lipinski definition) is 3. The summed E-state index contributed by atoms with van der Waals surface area (Å²) < 4.78 is 11.5. The van der Waals surface area contributed by atoms with Crippen LogP contribution in [-0.4, -0.2) is 18.6 Å². The molecule has 0 radical (unpaired) electrons. The van der Waals surface area contributed by atoms with Gasteiger partial charge in [0.15, 0.2) is 0 Å². The number of nitrogens with one attached hydrogen (secondary N) is 1. The molecule has 2 aromatic carbocycles.